The van der Waals surface area contributed by atoms with Crippen molar-refractivity contribution in [1.82, 2.24) is 9.97 Å². The van der Waals surface area contributed by atoms with Crippen molar-refractivity contribution in [2.24, 2.45) is 0 Å². The molecule has 0 bridgehead atoms. The van der Waals surface area contributed by atoms with Crippen molar-refractivity contribution in [2.45, 2.75) is 0 Å². The summed E-state index contributed by atoms with van der Waals surface area (Å²) in [5, 5.41) is 7.91. The maximum Gasteiger partial charge on any atom is 0.180 e. The van der Waals surface area contributed by atoms with E-state index in [2.05, 4.69) is 121 Å². The van der Waals surface area contributed by atoms with Crippen LogP contribution in [0, 0.1) is 0 Å². The Kier molecular flexibility index (Phi) is 5.63. The Morgan fingerprint density at radius 1 is 0.340 bits per heavy atom. The molecule has 0 aliphatic heterocycles. The quantitative estimate of drug-likeness (QED) is 0.180. The third-order valence-electron chi connectivity index (χ3n) is 10.0. The predicted molar refractivity (Wildman–Crippen MR) is 205 cm³/mol. The molecular weight excluding hydrogens is 613 g/mol. The van der Waals surface area contributed by atoms with Gasteiger partial charge in [0.15, 0.2) is 11.4 Å². The summed E-state index contributed by atoms with van der Waals surface area (Å²) in [6.45, 7) is 0. The standard InChI is InChI=1S/C46H26N2O2/c1-4-12-27(13-5-1)30-20-21-38-37(22-30)44-45(50-38)43(47-46(48-44)29-16-8-3-9-17-29)32-24-36-34-19-11-10-18-33(34)35-23-31(28-14-6-2-7-15-28)25-39-41(35)42(36)40(26-32)49-39/h1-26H. The Hall–Kier alpha value is -6.78. The van der Waals surface area contributed by atoms with E-state index in [1.807, 2.05) is 36.4 Å². The lowest BCUT2D eigenvalue weighted by Gasteiger charge is -2.11. The molecule has 8 aromatic carbocycles. The fourth-order valence-corrected chi connectivity index (χ4v) is 7.70. The number of benzene rings is 8. The molecule has 0 amide bonds. The molecule has 232 valence electrons. The van der Waals surface area contributed by atoms with Crippen molar-refractivity contribution in [3.8, 4) is 44.9 Å². The summed E-state index contributed by atoms with van der Waals surface area (Å²) in [6.07, 6.45) is 0. The van der Waals surface area contributed by atoms with Crippen LogP contribution in [0.4, 0.5) is 0 Å². The summed E-state index contributed by atoms with van der Waals surface area (Å²) < 4.78 is 13.4. The van der Waals surface area contributed by atoms with E-state index in [0.717, 1.165) is 82.9 Å². The van der Waals surface area contributed by atoms with Crippen LogP contribution >= 0.6 is 0 Å². The smallest absolute Gasteiger partial charge is 0.180 e. The highest BCUT2D eigenvalue weighted by Gasteiger charge is 2.23. The number of furan rings is 2. The summed E-state index contributed by atoms with van der Waals surface area (Å²) in [7, 11) is 0. The Balaban J connectivity index is 1.23. The van der Waals surface area contributed by atoms with Gasteiger partial charge in [0.25, 0.3) is 0 Å². The van der Waals surface area contributed by atoms with Gasteiger partial charge in [-0.15, -0.1) is 0 Å². The van der Waals surface area contributed by atoms with Gasteiger partial charge in [-0.05, 0) is 80.2 Å². The van der Waals surface area contributed by atoms with Crippen LogP contribution in [-0.4, -0.2) is 9.97 Å². The van der Waals surface area contributed by atoms with E-state index in [9.17, 15) is 0 Å². The van der Waals surface area contributed by atoms with Crippen LogP contribution < -0.4 is 0 Å². The van der Waals surface area contributed by atoms with Crippen LogP contribution in [-0.2, 0) is 0 Å². The molecule has 4 heteroatoms. The lowest BCUT2D eigenvalue weighted by atomic mass is 9.91. The zero-order valence-electron chi connectivity index (χ0n) is 26.7. The van der Waals surface area contributed by atoms with Crippen LogP contribution in [0.25, 0.3) is 110 Å². The maximum atomic E-state index is 6.79. The molecule has 0 aliphatic rings. The van der Waals surface area contributed by atoms with E-state index in [0.29, 0.717) is 11.4 Å². The van der Waals surface area contributed by atoms with Crippen LogP contribution in [0.1, 0.15) is 0 Å². The second kappa shape index (κ2) is 10.4. The van der Waals surface area contributed by atoms with Crippen molar-refractivity contribution in [2.75, 3.05) is 0 Å². The van der Waals surface area contributed by atoms with E-state index in [1.165, 1.54) is 16.2 Å². The van der Waals surface area contributed by atoms with Gasteiger partial charge in [0.1, 0.15) is 28.0 Å². The SMILES string of the molecule is c1ccc(-c2ccc3oc4c(-c5cc6oc7cc(-c8ccccc8)cc8c9ccccc9c(c5)c6c78)nc(-c5ccccc5)nc4c3c2)cc1. The van der Waals surface area contributed by atoms with Crippen molar-refractivity contribution >= 4 is 65.6 Å². The van der Waals surface area contributed by atoms with Crippen LogP contribution in [0.15, 0.2) is 167 Å². The van der Waals surface area contributed by atoms with Gasteiger partial charge in [-0.2, -0.15) is 0 Å². The van der Waals surface area contributed by atoms with Crippen molar-refractivity contribution in [3.63, 3.8) is 0 Å². The first-order chi connectivity index (χ1) is 24.8. The van der Waals surface area contributed by atoms with Crippen LogP contribution in [0.3, 0.4) is 0 Å². The molecule has 3 aromatic heterocycles. The molecule has 0 atom stereocenters. The second-order valence-corrected chi connectivity index (χ2v) is 12.9. The molecule has 0 fully saturated rings. The van der Waals surface area contributed by atoms with E-state index in [4.69, 9.17) is 18.8 Å². The number of aromatic nitrogens is 2. The zero-order valence-corrected chi connectivity index (χ0v) is 26.7. The van der Waals surface area contributed by atoms with E-state index in [-0.39, 0.29) is 0 Å². The van der Waals surface area contributed by atoms with Gasteiger partial charge in [0, 0.05) is 27.3 Å². The number of nitrogens with zero attached hydrogens (tertiary/aromatic N) is 2. The summed E-state index contributed by atoms with van der Waals surface area (Å²) in [4.78, 5) is 10.4. The van der Waals surface area contributed by atoms with E-state index < -0.39 is 0 Å². The second-order valence-electron chi connectivity index (χ2n) is 12.9. The van der Waals surface area contributed by atoms with Gasteiger partial charge in [0.2, 0.25) is 0 Å². The van der Waals surface area contributed by atoms with E-state index in [1.54, 1.807) is 0 Å². The topological polar surface area (TPSA) is 52.1 Å². The highest BCUT2D eigenvalue weighted by Crippen LogP contribution is 2.47. The molecule has 0 spiro atoms. The fraction of sp³-hybridized carbons (Fsp3) is 0. The summed E-state index contributed by atoms with van der Waals surface area (Å²) in [5.74, 6) is 0.648. The summed E-state index contributed by atoms with van der Waals surface area (Å²) in [6, 6.07) is 54.9. The van der Waals surface area contributed by atoms with Crippen LogP contribution in [0.2, 0.25) is 0 Å². The zero-order chi connectivity index (χ0) is 32.8. The lowest BCUT2D eigenvalue weighted by Crippen LogP contribution is -1.94. The Morgan fingerprint density at radius 2 is 0.880 bits per heavy atom. The molecule has 50 heavy (non-hydrogen) atoms. The highest BCUT2D eigenvalue weighted by atomic mass is 16.3. The monoisotopic (exact) mass is 638 g/mol. The van der Waals surface area contributed by atoms with Crippen molar-refractivity contribution in [3.05, 3.63) is 158 Å². The molecule has 0 unspecified atom stereocenters. The van der Waals surface area contributed by atoms with Gasteiger partial charge >= 0.3 is 0 Å². The number of fused-ring (bicyclic) bond motifs is 6. The number of hydrogen-bond acceptors (Lipinski definition) is 4. The molecular formula is C46H26N2O2. The van der Waals surface area contributed by atoms with Crippen molar-refractivity contribution in [1.29, 1.82) is 0 Å². The Bertz CT molecular complexity index is 3070. The average Bonchev–Trinajstić information content (AvgIpc) is 3.76. The normalized spacial score (nSPS) is 12.0. The first-order valence-corrected chi connectivity index (χ1v) is 16.8. The molecule has 0 N–H and O–H groups in total. The van der Waals surface area contributed by atoms with Gasteiger partial charge in [0.05, 0.1) is 0 Å². The number of rotatable bonds is 4. The molecule has 4 nitrogen and oxygen atoms in total. The molecule has 0 radical (unpaired) electrons. The Labute approximate surface area is 286 Å². The van der Waals surface area contributed by atoms with Gasteiger partial charge in [-0.25, -0.2) is 9.97 Å². The first kappa shape index (κ1) is 27.2. The van der Waals surface area contributed by atoms with Gasteiger partial charge in [-0.3, -0.25) is 0 Å². The Morgan fingerprint density at radius 3 is 1.54 bits per heavy atom. The van der Waals surface area contributed by atoms with Gasteiger partial charge in [-0.1, -0.05) is 121 Å². The largest absolute Gasteiger partial charge is 0.456 e. The van der Waals surface area contributed by atoms with Crippen molar-refractivity contribution < 1.29 is 8.83 Å². The fourth-order valence-electron chi connectivity index (χ4n) is 7.70. The first-order valence-electron chi connectivity index (χ1n) is 16.8. The molecule has 0 aliphatic carbocycles. The third-order valence-corrected chi connectivity index (χ3v) is 10.0. The molecule has 11 rings (SSSR count). The minimum absolute atomic E-state index is 0.648. The lowest BCUT2D eigenvalue weighted by molar-refractivity contribution is 0.666. The number of hydrogen-bond donors (Lipinski definition) is 0. The summed E-state index contributed by atoms with van der Waals surface area (Å²) in [5.41, 5.74) is 11.1. The minimum atomic E-state index is 0.648. The van der Waals surface area contributed by atoms with Crippen LogP contribution in [0.5, 0.6) is 0 Å². The third kappa shape index (κ3) is 3.99. The molecule has 0 saturated heterocycles. The van der Waals surface area contributed by atoms with E-state index >= 15 is 0 Å². The average molecular weight is 639 g/mol. The van der Waals surface area contributed by atoms with Gasteiger partial charge < -0.3 is 8.83 Å². The minimum Gasteiger partial charge on any atom is -0.456 e. The molecule has 11 aromatic rings. The predicted octanol–water partition coefficient (Wildman–Crippen LogP) is 12.7. The molecule has 0 saturated carbocycles. The highest BCUT2D eigenvalue weighted by molar-refractivity contribution is 6.34. The maximum absolute atomic E-state index is 6.79. The summed E-state index contributed by atoms with van der Waals surface area (Å²) >= 11 is 0. The molecule has 3 heterocycles.